The number of nitrogens with one attached hydrogen (secondary N) is 1. The molecule has 1 rings (SSSR count). The average Bonchev–Trinajstić information content (AvgIpc) is 2.74. The number of unbranched alkanes of at least 4 members (excludes halogenated alkanes) is 1. The standard InChI is InChI=1S/C15H32N2/c1-5-6-7-14(4)17-9-8-15(12-17)11-16-10-13(2)3/h13-16H,5-12H2,1-4H3. The van der Waals surface area contributed by atoms with Crippen molar-refractivity contribution in [3.8, 4) is 0 Å². The zero-order valence-electron chi connectivity index (χ0n) is 12.3. The molecule has 1 fully saturated rings. The van der Waals surface area contributed by atoms with Crippen LogP contribution in [0, 0.1) is 11.8 Å². The van der Waals surface area contributed by atoms with Crippen molar-refractivity contribution in [2.24, 2.45) is 11.8 Å². The first kappa shape index (κ1) is 15.0. The molecule has 1 N–H and O–H groups in total. The Hall–Kier alpha value is -0.0800. The summed E-state index contributed by atoms with van der Waals surface area (Å²) in [7, 11) is 0. The molecule has 0 radical (unpaired) electrons. The maximum absolute atomic E-state index is 3.60. The van der Waals surface area contributed by atoms with Crippen LogP contribution in [-0.2, 0) is 0 Å². The van der Waals surface area contributed by atoms with Crippen molar-refractivity contribution in [1.29, 1.82) is 0 Å². The second kappa shape index (κ2) is 8.10. The second-order valence-corrected chi connectivity index (χ2v) is 6.19. The lowest BCUT2D eigenvalue weighted by Crippen LogP contribution is -2.33. The highest BCUT2D eigenvalue weighted by Crippen LogP contribution is 2.20. The van der Waals surface area contributed by atoms with Gasteiger partial charge in [0, 0.05) is 12.6 Å². The van der Waals surface area contributed by atoms with Crippen LogP contribution in [0.4, 0.5) is 0 Å². The van der Waals surface area contributed by atoms with E-state index in [1.807, 2.05) is 0 Å². The largest absolute Gasteiger partial charge is 0.316 e. The summed E-state index contributed by atoms with van der Waals surface area (Å²) in [4.78, 5) is 2.69. The van der Waals surface area contributed by atoms with Crippen LogP contribution in [0.1, 0.15) is 53.4 Å². The van der Waals surface area contributed by atoms with Crippen molar-refractivity contribution in [2.75, 3.05) is 26.2 Å². The normalized spacial score (nSPS) is 23.5. The van der Waals surface area contributed by atoms with Crippen molar-refractivity contribution in [3.05, 3.63) is 0 Å². The molecule has 0 aliphatic carbocycles. The van der Waals surface area contributed by atoms with Gasteiger partial charge in [0.15, 0.2) is 0 Å². The topological polar surface area (TPSA) is 15.3 Å². The number of hydrogen-bond donors (Lipinski definition) is 1. The Kier molecular flexibility index (Phi) is 7.14. The number of likely N-dealkylation sites (tertiary alicyclic amines) is 1. The maximum atomic E-state index is 3.60. The molecule has 17 heavy (non-hydrogen) atoms. The highest BCUT2D eigenvalue weighted by molar-refractivity contribution is 4.80. The lowest BCUT2D eigenvalue weighted by atomic mass is 10.1. The Bertz CT molecular complexity index is 191. The highest BCUT2D eigenvalue weighted by Gasteiger charge is 2.25. The zero-order chi connectivity index (χ0) is 12.7. The quantitative estimate of drug-likeness (QED) is 0.701. The molecule has 1 aliphatic heterocycles. The van der Waals surface area contributed by atoms with Gasteiger partial charge in [0.2, 0.25) is 0 Å². The van der Waals surface area contributed by atoms with E-state index in [9.17, 15) is 0 Å². The van der Waals surface area contributed by atoms with Gasteiger partial charge in [0.05, 0.1) is 0 Å². The van der Waals surface area contributed by atoms with Crippen LogP contribution in [0.3, 0.4) is 0 Å². The average molecular weight is 240 g/mol. The van der Waals surface area contributed by atoms with Crippen LogP contribution in [0.2, 0.25) is 0 Å². The van der Waals surface area contributed by atoms with E-state index in [1.54, 1.807) is 0 Å². The fourth-order valence-electron chi connectivity index (χ4n) is 2.69. The zero-order valence-corrected chi connectivity index (χ0v) is 12.3. The van der Waals surface area contributed by atoms with E-state index in [1.165, 1.54) is 51.9 Å². The number of hydrogen-bond acceptors (Lipinski definition) is 2. The minimum absolute atomic E-state index is 0.774. The SMILES string of the molecule is CCCCC(C)N1CCC(CNCC(C)C)C1. The summed E-state index contributed by atoms with van der Waals surface area (Å²) in [6.45, 7) is 14.3. The molecule has 1 saturated heterocycles. The van der Waals surface area contributed by atoms with Gasteiger partial charge >= 0.3 is 0 Å². The molecule has 0 amide bonds. The Morgan fingerprint density at radius 1 is 1.29 bits per heavy atom. The van der Waals surface area contributed by atoms with E-state index in [0.29, 0.717) is 0 Å². The fraction of sp³-hybridized carbons (Fsp3) is 1.00. The van der Waals surface area contributed by atoms with Gasteiger partial charge in [-0.25, -0.2) is 0 Å². The van der Waals surface area contributed by atoms with Gasteiger partial charge in [-0.1, -0.05) is 33.6 Å². The Morgan fingerprint density at radius 3 is 2.71 bits per heavy atom. The van der Waals surface area contributed by atoms with Crippen molar-refractivity contribution >= 4 is 0 Å². The molecule has 2 unspecified atom stereocenters. The van der Waals surface area contributed by atoms with Gasteiger partial charge < -0.3 is 10.2 Å². The summed E-state index contributed by atoms with van der Waals surface area (Å²) in [5.41, 5.74) is 0. The minimum atomic E-state index is 0.774. The van der Waals surface area contributed by atoms with Crippen LogP contribution in [0.5, 0.6) is 0 Å². The molecule has 0 aromatic rings. The van der Waals surface area contributed by atoms with Gasteiger partial charge in [-0.15, -0.1) is 0 Å². The van der Waals surface area contributed by atoms with E-state index in [4.69, 9.17) is 0 Å². The van der Waals surface area contributed by atoms with Gasteiger partial charge in [0.25, 0.3) is 0 Å². The first-order valence-electron chi connectivity index (χ1n) is 7.58. The third-order valence-electron chi connectivity index (χ3n) is 3.90. The lowest BCUT2D eigenvalue weighted by Gasteiger charge is -2.24. The summed E-state index contributed by atoms with van der Waals surface area (Å²) in [6, 6.07) is 0.796. The van der Waals surface area contributed by atoms with Gasteiger partial charge in [-0.05, 0) is 51.2 Å². The molecular formula is C15H32N2. The van der Waals surface area contributed by atoms with Crippen molar-refractivity contribution in [1.82, 2.24) is 10.2 Å². The molecule has 0 spiro atoms. The molecular weight excluding hydrogens is 208 g/mol. The van der Waals surface area contributed by atoms with E-state index in [2.05, 4.69) is 37.9 Å². The molecule has 0 bridgehead atoms. The predicted octanol–water partition coefficient (Wildman–Crippen LogP) is 3.13. The monoisotopic (exact) mass is 240 g/mol. The molecule has 2 heteroatoms. The molecule has 0 aromatic carbocycles. The smallest absolute Gasteiger partial charge is 0.00670 e. The maximum Gasteiger partial charge on any atom is 0.00670 e. The molecule has 0 saturated carbocycles. The van der Waals surface area contributed by atoms with E-state index < -0.39 is 0 Å². The first-order chi connectivity index (χ1) is 8.13. The van der Waals surface area contributed by atoms with Gasteiger partial charge in [-0.3, -0.25) is 0 Å². The molecule has 1 aliphatic rings. The molecule has 2 nitrogen and oxygen atoms in total. The third kappa shape index (κ3) is 5.87. The third-order valence-corrected chi connectivity index (χ3v) is 3.90. The summed E-state index contributed by atoms with van der Waals surface area (Å²) in [5.74, 6) is 1.66. The fourth-order valence-corrected chi connectivity index (χ4v) is 2.69. The van der Waals surface area contributed by atoms with Crippen molar-refractivity contribution in [2.45, 2.75) is 59.4 Å². The summed E-state index contributed by atoms with van der Waals surface area (Å²) < 4.78 is 0. The highest BCUT2D eigenvalue weighted by atomic mass is 15.2. The van der Waals surface area contributed by atoms with Crippen molar-refractivity contribution in [3.63, 3.8) is 0 Å². The molecule has 1 heterocycles. The van der Waals surface area contributed by atoms with Crippen LogP contribution in [-0.4, -0.2) is 37.1 Å². The van der Waals surface area contributed by atoms with Gasteiger partial charge in [0.1, 0.15) is 0 Å². The van der Waals surface area contributed by atoms with Crippen molar-refractivity contribution < 1.29 is 0 Å². The lowest BCUT2D eigenvalue weighted by molar-refractivity contribution is 0.233. The number of nitrogens with zero attached hydrogens (tertiary/aromatic N) is 1. The van der Waals surface area contributed by atoms with E-state index >= 15 is 0 Å². The van der Waals surface area contributed by atoms with E-state index in [-0.39, 0.29) is 0 Å². The van der Waals surface area contributed by atoms with Gasteiger partial charge in [-0.2, -0.15) is 0 Å². The Labute approximate surface area is 108 Å². The Balaban J connectivity index is 2.13. The number of rotatable bonds is 8. The van der Waals surface area contributed by atoms with Crippen LogP contribution in [0.15, 0.2) is 0 Å². The second-order valence-electron chi connectivity index (χ2n) is 6.19. The van der Waals surface area contributed by atoms with Crippen LogP contribution in [0.25, 0.3) is 0 Å². The summed E-state index contributed by atoms with van der Waals surface area (Å²) in [5, 5.41) is 3.60. The minimum Gasteiger partial charge on any atom is -0.316 e. The predicted molar refractivity (Wildman–Crippen MR) is 76.4 cm³/mol. The van der Waals surface area contributed by atoms with E-state index in [0.717, 1.165) is 17.9 Å². The first-order valence-corrected chi connectivity index (χ1v) is 7.58. The molecule has 0 aromatic heterocycles. The summed E-state index contributed by atoms with van der Waals surface area (Å²) in [6.07, 6.45) is 5.48. The molecule has 2 atom stereocenters. The Morgan fingerprint density at radius 2 is 2.06 bits per heavy atom. The van der Waals surface area contributed by atoms with Crippen LogP contribution >= 0.6 is 0 Å². The molecule has 102 valence electrons. The summed E-state index contributed by atoms with van der Waals surface area (Å²) >= 11 is 0. The van der Waals surface area contributed by atoms with Crippen LogP contribution < -0.4 is 5.32 Å².